The van der Waals surface area contributed by atoms with Crippen LogP contribution in [0.25, 0.3) is 0 Å². The molecular formula is C22H24N4O4. The summed E-state index contributed by atoms with van der Waals surface area (Å²) in [6.07, 6.45) is 0. The van der Waals surface area contributed by atoms with Crippen LogP contribution in [0.5, 0.6) is 0 Å². The highest BCUT2D eigenvalue weighted by atomic mass is 16.5. The van der Waals surface area contributed by atoms with Gasteiger partial charge in [-0.2, -0.15) is 5.26 Å². The van der Waals surface area contributed by atoms with Gasteiger partial charge in [-0.25, -0.2) is 9.59 Å². The Labute approximate surface area is 174 Å². The van der Waals surface area contributed by atoms with Gasteiger partial charge >= 0.3 is 11.7 Å². The number of aromatic nitrogens is 2. The highest BCUT2D eigenvalue weighted by Crippen LogP contribution is 2.40. The van der Waals surface area contributed by atoms with E-state index in [0.29, 0.717) is 28.2 Å². The summed E-state index contributed by atoms with van der Waals surface area (Å²) in [6, 6.07) is 8.76. The third-order valence-electron chi connectivity index (χ3n) is 5.13. The maximum absolute atomic E-state index is 13.1. The van der Waals surface area contributed by atoms with Gasteiger partial charge in [-0.3, -0.25) is 13.9 Å². The number of fused-ring (bicyclic) bond motifs is 1. The minimum Gasteiger partial charge on any atom is -0.462 e. The monoisotopic (exact) mass is 408 g/mol. The summed E-state index contributed by atoms with van der Waals surface area (Å²) in [4.78, 5) is 38.6. The molecule has 2 heterocycles. The largest absolute Gasteiger partial charge is 0.462 e. The quantitative estimate of drug-likeness (QED) is 0.776. The van der Waals surface area contributed by atoms with E-state index in [2.05, 4.69) is 11.4 Å². The molecule has 156 valence electrons. The van der Waals surface area contributed by atoms with Crippen LogP contribution in [0.2, 0.25) is 0 Å². The molecular weight excluding hydrogens is 384 g/mol. The second-order valence-electron chi connectivity index (χ2n) is 7.79. The second-order valence-corrected chi connectivity index (χ2v) is 7.79. The predicted octanol–water partition coefficient (Wildman–Crippen LogP) is 1.99. The van der Waals surface area contributed by atoms with E-state index in [4.69, 9.17) is 10.00 Å². The van der Waals surface area contributed by atoms with E-state index < -0.39 is 23.1 Å². The number of hydrogen-bond acceptors (Lipinski definition) is 6. The Morgan fingerprint density at radius 3 is 2.40 bits per heavy atom. The molecule has 0 aliphatic carbocycles. The average Bonchev–Trinajstić information content (AvgIpc) is 2.73. The van der Waals surface area contributed by atoms with Crippen LogP contribution in [0, 0.1) is 17.2 Å². The van der Waals surface area contributed by atoms with E-state index in [9.17, 15) is 14.4 Å². The number of rotatable bonds is 4. The van der Waals surface area contributed by atoms with Crippen molar-refractivity contribution >= 4 is 11.8 Å². The summed E-state index contributed by atoms with van der Waals surface area (Å²) < 4.78 is 7.86. The number of carbonyl (C=O) groups excluding carboxylic acids is 1. The molecule has 1 aliphatic rings. The number of allylic oxidation sites excluding steroid dienone is 1. The Balaban J connectivity index is 2.28. The zero-order chi connectivity index (χ0) is 22.2. The summed E-state index contributed by atoms with van der Waals surface area (Å²) in [5.74, 6) is -0.764. The topological polar surface area (TPSA) is 106 Å². The third kappa shape index (κ3) is 3.54. The molecule has 1 aromatic heterocycles. The van der Waals surface area contributed by atoms with Crippen molar-refractivity contribution < 1.29 is 9.53 Å². The van der Waals surface area contributed by atoms with Crippen LogP contribution in [-0.2, 0) is 23.6 Å². The van der Waals surface area contributed by atoms with Gasteiger partial charge in [0.15, 0.2) is 0 Å². The number of esters is 1. The van der Waals surface area contributed by atoms with Gasteiger partial charge in [-0.15, -0.1) is 0 Å². The summed E-state index contributed by atoms with van der Waals surface area (Å²) >= 11 is 0. The maximum Gasteiger partial charge on any atom is 0.336 e. The molecule has 8 nitrogen and oxygen atoms in total. The first-order valence-electron chi connectivity index (χ1n) is 9.62. The van der Waals surface area contributed by atoms with E-state index in [-0.39, 0.29) is 18.1 Å². The fourth-order valence-electron chi connectivity index (χ4n) is 3.56. The van der Waals surface area contributed by atoms with Crippen molar-refractivity contribution in [2.45, 2.75) is 26.7 Å². The molecule has 1 aromatic carbocycles. The van der Waals surface area contributed by atoms with Crippen LogP contribution in [0.1, 0.15) is 43.4 Å². The SMILES string of the molecule is CC1=C(C(=O)OCC(C)C)C(c2ccc(C#N)cc2)c2c(n(C)c(=O)n(C)c2=O)N1. The van der Waals surface area contributed by atoms with Gasteiger partial charge in [-0.05, 0) is 30.5 Å². The molecule has 0 saturated carbocycles. The zero-order valence-electron chi connectivity index (χ0n) is 17.6. The first-order chi connectivity index (χ1) is 14.2. The number of carbonyl (C=O) groups is 1. The molecule has 0 amide bonds. The van der Waals surface area contributed by atoms with Crippen molar-refractivity contribution in [3.8, 4) is 6.07 Å². The summed E-state index contributed by atoms with van der Waals surface area (Å²) in [7, 11) is 2.97. The van der Waals surface area contributed by atoms with E-state index in [0.717, 1.165) is 4.57 Å². The fraction of sp³-hybridized carbons (Fsp3) is 0.364. The molecule has 1 aliphatic heterocycles. The van der Waals surface area contributed by atoms with Crippen LogP contribution in [0.15, 0.2) is 45.1 Å². The summed E-state index contributed by atoms with van der Waals surface area (Å²) in [5, 5.41) is 12.2. The summed E-state index contributed by atoms with van der Waals surface area (Å²) in [5.41, 5.74) is 1.26. The molecule has 0 saturated heterocycles. The Bertz CT molecular complexity index is 1190. The van der Waals surface area contributed by atoms with Crippen LogP contribution < -0.4 is 16.6 Å². The van der Waals surface area contributed by atoms with Crippen molar-refractivity contribution in [2.24, 2.45) is 20.0 Å². The minimum atomic E-state index is -0.737. The van der Waals surface area contributed by atoms with E-state index >= 15 is 0 Å². The van der Waals surface area contributed by atoms with Gasteiger partial charge < -0.3 is 10.1 Å². The van der Waals surface area contributed by atoms with Crippen LogP contribution >= 0.6 is 0 Å². The lowest BCUT2D eigenvalue weighted by atomic mass is 9.82. The Kier molecular flexibility index (Phi) is 5.65. The van der Waals surface area contributed by atoms with E-state index in [1.165, 1.54) is 11.6 Å². The molecule has 30 heavy (non-hydrogen) atoms. The van der Waals surface area contributed by atoms with Crippen molar-refractivity contribution in [1.29, 1.82) is 5.26 Å². The third-order valence-corrected chi connectivity index (χ3v) is 5.13. The lowest BCUT2D eigenvalue weighted by Gasteiger charge is -2.31. The molecule has 0 radical (unpaired) electrons. The van der Waals surface area contributed by atoms with Crippen LogP contribution in [0.3, 0.4) is 0 Å². The first-order valence-corrected chi connectivity index (χ1v) is 9.62. The molecule has 1 atom stereocenters. The average molecular weight is 408 g/mol. The van der Waals surface area contributed by atoms with Gasteiger partial charge in [0.25, 0.3) is 5.56 Å². The first kappa shape index (κ1) is 21.1. The van der Waals surface area contributed by atoms with E-state index in [1.807, 2.05) is 13.8 Å². The molecule has 0 bridgehead atoms. The van der Waals surface area contributed by atoms with Gasteiger partial charge in [0.2, 0.25) is 0 Å². The van der Waals surface area contributed by atoms with Gasteiger partial charge in [0.05, 0.1) is 35.3 Å². The number of benzene rings is 1. The number of nitrogens with one attached hydrogen (secondary N) is 1. The van der Waals surface area contributed by atoms with Crippen molar-refractivity contribution in [3.05, 3.63) is 73.1 Å². The second kappa shape index (κ2) is 8.03. The Hall–Kier alpha value is -3.60. The predicted molar refractivity (Wildman–Crippen MR) is 112 cm³/mol. The number of hydrogen-bond donors (Lipinski definition) is 1. The van der Waals surface area contributed by atoms with Gasteiger partial charge in [0.1, 0.15) is 5.82 Å². The van der Waals surface area contributed by atoms with Crippen molar-refractivity contribution in [2.75, 3.05) is 11.9 Å². The Morgan fingerprint density at radius 2 is 1.83 bits per heavy atom. The molecule has 2 aromatic rings. The van der Waals surface area contributed by atoms with Gasteiger partial charge in [-0.1, -0.05) is 26.0 Å². The summed E-state index contributed by atoms with van der Waals surface area (Å²) in [6.45, 7) is 5.83. The zero-order valence-corrected chi connectivity index (χ0v) is 17.6. The Morgan fingerprint density at radius 1 is 1.20 bits per heavy atom. The highest BCUT2D eigenvalue weighted by molar-refractivity contribution is 5.94. The number of nitrogens with zero attached hydrogens (tertiary/aromatic N) is 3. The molecule has 3 rings (SSSR count). The maximum atomic E-state index is 13.1. The lowest BCUT2D eigenvalue weighted by molar-refractivity contribution is -0.140. The van der Waals surface area contributed by atoms with Crippen molar-refractivity contribution in [3.63, 3.8) is 0 Å². The highest BCUT2D eigenvalue weighted by Gasteiger charge is 2.37. The number of nitriles is 1. The lowest BCUT2D eigenvalue weighted by Crippen LogP contribution is -2.43. The minimum absolute atomic E-state index is 0.153. The van der Waals surface area contributed by atoms with Crippen LogP contribution in [0.4, 0.5) is 5.82 Å². The van der Waals surface area contributed by atoms with Gasteiger partial charge in [0, 0.05) is 19.8 Å². The fourth-order valence-corrected chi connectivity index (χ4v) is 3.56. The van der Waals surface area contributed by atoms with E-state index in [1.54, 1.807) is 38.2 Å². The number of anilines is 1. The molecule has 1 N–H and O–H groups in total. The molecule has 8 heteroatoms. The number of ether oxygens (including phenoxy) is 1. The van der Waals surface area contributed by atoms with Crippen molar-refractivity contribution in [1.82, 2.24) is 9.13 Å². The molecule has 0 fully saturated rings. The smallest absolute Gasteiger partial charge is 0.336 e. The normalized spacial score (nSPS) is 15.4. The molecule has 0 spiro atoms. The molecule has 1 unspecified atom stereocenters. The standard InChI is InChI=1S/C22H24N4O4/c1-12(2)11-30-21(28)16-13(3)24-19-18(20(27)26(5)22(29)25(19)4)17(16)15-8-6-14(10-23)7-9-15/h6-9,12,17,24H,11H2,1-5H3. The van der Waals surface area contributed by atoms with Crippen LogP contribution in [-0.4, -0.2) is 21.7 Å².